The highest BCUT2D eigenvalue weighted by molar-refractivity contribution is 5.06. The highest BCUT2D eigenvalue weighted by atomic mass is 19.4. The molecular formula is C15H23F3N2O. The second-order valence-electron chi connectivity index (χ2n) is 6.71. The summed E-state index contributed by atoms with van der Waals surface area (Å²) < 4.78 is 44.4. The molecular weight excluding hydrogens is 281 g/mol. The fourth-order valence-corrected chi connectivity index (χ4v) is 3.53. The van der Waals surface area contributed by atoms with Crippen molar-refractivity contribution in [2.24, 2.45) is 5.41 Å². The average molecular weight is 304 g/mol. The molecule has 0 aromatic rings. The lowest BCUT2D eigenvalue weighted by atomic mass is 9.71. The molecule has 21 heavy (non-hydrogen) atoms. The average Bonchev–Trinajstić information content (AvgIpc) is 2.33. The minimum Gasteiger partial charge on any atom is -0.363 e. The lowest BCUT2D eigenvalue weighted by Crippen LogP contribution is -2.72. The molecule has 1 heterocycles. The third kappa shape index (κ3) is 3.19. The Balaban J connectivity index is 1.89. The summed E-state index contributed by atoms with van der Waals surface area (Å²) in [5.74, 6) is 0. The molecule has 2 aliphatic rings. The first-order valence-corrected chi connectivity index (χ1v) is 7.57. The summed E-state index contributed by atoms with van der Waals surface area (Å²) in [6.45, 7) is 3.68. The van der Waals surface area contributed by atoms with E-state index in [2.05, 4.69) is 13.0 Å². The van der Waals surface area contributed by atoms with Crippen molar-refractivity contribution in [3.63, 3.8) is 0 Å². The van der Waals surface area contributed by atoms with Crippen LogP contribution in [0.15, 0.2) is 0 Å². The van der Waals surface area contributed by atoms with E-state index in [1.807, 2.05) is 4.90 Å². The van der Waals surface area contributed by atoms with Gasteiger partial charge in [-0.15, -0.1) is 0 Å². The third-order valence-corrected chi connectivity index (χ3v) is 5.04. The van der Waals surface area contributed by atoms with Gasteiger partial charge in [0.2, 0.25) is 0 Å². The number of nitriles is 1. The molecule has 1 saturated carbocycles. The van der Waals surface area contributed by atoms with Gasteiger partial charge in [0, 0.05) is 32.2 Å². The lowest BCUT2D eigenvalue weighted by Gasteiger charge is -2.54. The number of ether oxygens (including phenoxy) is 1. The maximum absolute atomic E-state index is 13.1. The van der Waals surface area contributed by atoms with Gasteiger partial charge in [0.05, 0.1) is 6.07 Å². The Kier molecular flexibility index (Phi) is 4.55. The number of likely N-dealkylation sites (tertiary alicyclic amines) is 1. The van der Waals surface area contributed by atoms with Gasteiger partial charge in [0.15, 0.2) is 5.60 Å². The van der Waals surface area contributed by atoms with Crippen molar-refractivity contribution in [3.05, 3.63) is 0 Å². The molecule has 6 heteroatoms. The van der Waals surface area contributed by atoms with Crippen LogP contribution in [-0.2, 0) is 4.74 Å². The molecule has 0 bridgehead atoms. The summed E-state index contributed by atoms with van der Waals surface area (Å²) in [5.41, 5.74) is -1.92. The first-order valence-electron chi connectivity index (χ1n) is 7.57. The van der Waals surface area contributed by atoms with Crippen LogP contribution in [0.25, 0.3) is 0 Å². The Labute approximate surface area is 124 Å². The zero-order chi connectivity index (χ0) is 15.7. The van der Waals surface area contributed by atoms with E-state index in [-0.39, 0.29) is 31.2 Å². The minimum absolute atomic E-state index is 0.0388. The summed E-state index contributed by atoms with van der Waals surface area (Å²) in [7, 11) is 0. The number of hydrogen-bond acceptors (Lipinski definition) is 3. The number of hydrogen-bond donors (Lipinski definition) is 0. The van der Waals surface area contributed by atoms with Crippen LogP contribution < -0.4 is 0 Å². The first-order chi connectivity index (χ1) is 9.75. The molecule has 1 aliphatic carbocycles. The molecule has 0 amide bonds. The third-order valence-electron chi connectivity index (χ3n) is 5.04. The van der Waals surface area contributed by atoms with E-state index >= 15 is 0 Å². The van der Waals surface area contributed by atoms with Gasteiger partial charge < -0.3 is 4.74 Å². The van der Waals surface area contributed by atoms with Crippen LogP contribution in [0, 0.1) is 16.7 Å². The van der Waals surface area contributed by atoms with Gasteiger partial charge in [-0.2, -0.15) is 18.4 Å². The maximum Gasteiger partial charge on any atom is 0.419 e. The van der Waals surface area contributed by atoms with E-state index in [1.54, 1.807) is 6.92 Å². The van der Waals surface area contributed by atoms with Gasteiger partial charge in [-0.1, -0.05) is 6.92 Å². The highest BCUT2D eigenvalue weighted by Crippen LogP contribution is 2.46. The van der Waals surface area contributed by atoms with E-state index in [4.69, 9.17) is 10.00 Å². The topological polar surface area (TPSA) is 36.3 Å². The van der Waals surface area contributed by atoms with Crippen LogP contribution in [0.1, 0.15) is 46.0 Å². The first kappa shape index (κ1) is 16.6. The molecule has 0 radical (unpaired) electrons. The Hall–Kier alpha value is -0.800. The van der Waals surface area contributed by atoms with Gasteiger partial charge in [0.1, 0.15) is 0 Å². The fourth-order valence-electron chi connectivity index (χ4n) is 3.53. The zero-order valence-corrected chi connectivity index (χ0v) is 12.7. The van der Waals surface area contributed by atoms with Crippen LogP contribution in [0.5, 0.6) is 0 Å². The van der Waals surface area contributed by atoms with Crippen molar-refractivity contribution in [1.29, 1.82) is 5.26 Å². The Bertz CT molecular complexity index is 402. The number of halogens is 3. The molecule has 120 valence electrons. The van der Waals surface area contributed by atoms with E-state index < -0.39 is 11.8 Å². The van der Waals surface area contributed by atoms with Crippen molar-refractivity contribution >= 4 is 0 Å². The summed E-state index contributed by atoms with van der Waals surface area (Å²) in [6.07, 6.45) is -0.199. The SMILES string of the molecule is CCOC1(C(F)(F)F)CN(C2CCC(C)(CC#N)CC2)C1. The van der Waals surface area contributed by atoms with E-state index in [0.29, 0.717) is 6.42 Å². The van der Waals surface area contributed by atoms with Gasteiger partial charge in [-0.25, -0.2) is 0 Å². The highest BCUT2D eigenvalue weighted by Gasteiger charge is 2.63. The summed E-state index contributed by atoms with van der Waals surface area (Å²) in [6, 6.07) is 2.42. The van der Waals surface area contributed by atoms with Crippen LogP contribution in [0.3, 0.4) is 0 Å². The van der Waals surface area contributed by atoms with Crippen LogP contribution in [0.4, 0.5) is 13.2 Å². The predicted molar refractivity (Wildman–Crippen MR) is 72.6 cm³/mol. The molecule has 0 aromatic carbocycles. The van der Waals surface area contributed by atoms with Gasteiger partial charge >= 0.3 is 6.18 Å². The van der Waals surface area contributed by atoms with Crippen molar-refractivity contribution in [1.82, 2.24) is 4.90 Å². The van der Waals surface area contributed by atoms with Gasteiger partial charge in [-0.3, -0.25) is 4.90 Å². The largest absolute Gasteiger partial charge is 0.419 e. The molecule has 2 fully saturated rings. The van der Waals surface area contributed by atoms with E-state index in [1.165, 1.54) is 0 Å². The zero-order valence-electron chi connectivity index (χ0n) is 12.7. The van der Waals surface area contributed by atoms with Crippen LogP contribution in [-0.4, -0.2) is 42.4 Å². The lowest BCUT2D eigenvalue weighted by molar-refractivity contribution is -0.322. The Morgan fingerprint density at radius 1 is 1.29 bits per heavy atom. The normalized spacial score (nSPS) is 33.2. The fraction of sp³-hybridized carbons (Fsp3) is 0.933. The van der Waals surface area contributed by atoms with Crippen LogP contribution >= 0.6 is 0 Å². The van der Waals surface area contributed by atoms with Gasteiger partial charge in [0.25, 0.3) is 0 Å². The monoisotopic (exact) mass is 304 g/mol. The number of rotatable bonds is 4. The number of alkyl halides is 3. The Morgan fingerprint density at radius 2 is 1.86 bits per heavy atom. The van der Waals surface area contributed by atoms with Crippen LogP contribution in [0.2, 0.25) is 0 Å². The second-order valence-corrected chi connectivity index (χ2v) is 6.71. The molecule has 1 aliphatic heterocycles. The summed E-state index contributed by atoms with van der Waals surface area (Å²) in [5, 5.41) is 8.83. The Morgan fingerprint density at radius 3 is 2.29 bits per heavy atom. The minimum atomic E-state index is -4.30. The molecule has 0 aromatic heterocycles. The molecule has 3 nitrogen and oxygen atoms in total. The summed E-state index contributed by atoms with van der Waals surface area (Å²) in [4.78, 5) is 1.90. The second kappa shape index (κ2) is 5.77. The molecule has 0 atom stereocenters. The maximum atomic E-state index is 13.1. The summed E-state index contributed by atoms with van der Waals surface area (Å²) >= 11 is 0. The van der Waals surface area contributed by atoms with Crippen molar-refractivity contribution < 1.29 is 17.9 Å². The molecule has 0 unspecified atom stereocenters. The standard InChI is InChI=1S/C15H23F3N2O/c1-3-21-14(15(16,17)18)10-20(11-14)12-4-6-13(2,7-5-12)8-9-19/h12H,3-8,10-11H2,1-2H3. The molecule has 0 spiro atoms. The predicted octanol–water partition coefficient (Wildman–Crippen LogP) is 3.50. The van der Waals surface area contributed by atoms with Crippen molar-refractivity contribution in [3.8, 4) is 6.07 Å². The smallest absolute Gasteiger partial charge is 0.363 e. The molecule has 2 rings (SSSR count). The van der Waals surface area contributed by atoms with Gasteiger partial charge in [-0.05, 0) is 38.0 Å². The quantitative estimate of drug-likeness (QED) is 0.797. The number of nitrogens with zero attached hydrogens (tertiary/aromatic N) is 2. The molecule has 1 saturated heterocycles. The molecule has 0 N–H and O–H groups in total. The van der Waals surface area contributed by atoms with Crippen molar-refractivity contribution in [2.75, 3.05) is 19.7 Å². The van der Waals surface area contributed by atoms with E-state index in [9.17, 15) is 13.2 Å². The van der Waals surface area contributed by atoms with E-state index in [0.717, 1.165) is 25.7 Å². The van der Waals surface area contributed by atoms with Crippen molar-refractivity contribution in [2.45, 2.75) is 63.8 Å².